The molecule has 106 valence electrons. The predicted molar refractivity (Wildman–Crippen MR) is 92.0 cm³/mol. The monoisotopic (exact) mass is 359 g/mol. The normalized spacial score (nSPS) is 10.7. The molecule has 0 radical (unpaired) electrons. The van der Waals surface area contributed by atoms with Crippen molar-refractivity contribution in [1.29, 1.82) is 0 Å². The van der Waals surface area contributed by atoms with Crippen LogP contribution in [0.1, 0.15) is 15.9 Å². The average Bonchev–Trinajstić information content (AvgIpc) is 2.90. The molecule has 0 saturated carbocycles. The molecule has 3 aromatic rings. The van der Waals surface area contributed by atoms with E-state index in [1.165, 1.54) is 15.6 Å². The number of hydrogen-bond donors (Lipinski definition) is 1. The topological polar surface area (TPSA) is 29.1 Å². The molecule has 0 fully saturated rings. The lowest BCUT2D eigenvalue weighted by molar-refractivity contribution is 0.0954. The third kappa shape index (κ3) is 3.34. The van der Waals surface area contributed by atoms with E-state index >= 15 is 0 Å². The SMILES string of the molecule is O=C(NCCc1csc2ccc(Br)cc12)c1ccccc1. The molecule has 1 N–H and O–H groups in total. The van der Waals surface area contributed by atoms with Gasteiger partial charge in [-0.1, -0.05) is 34.1 Å². The highest BCUT2D eigenvalue weighted by molar-refractivity contribution is 9.10. The minimum atomic E-state index is -0.0173. The summed E-state index contributed by atoms with van der Waals surface area (Å²) in [6.45, 7) is 0.645. The lowest BCUT2D eigenvalue weighted by Crippen LogP contribution is -2.25. The fraction of sp³-hybridized carbons (Fsp3) is 0.118. The molecule has 0 aliphatic heterocycles. The third-order valence-electron chi connectivity index (χ3n) is 3.33. The van der Waals surface area contributed by atoms with Gasteiger partial charge in [0.25, 0.3) is 5.91 Å². The molecule has 0 spiro atoms. The first-order chi connectivity index (χ1) is 10.2. The van der Waals surface area contributed by atoms with E-state index in [0.717, 1.165) is 10.9 Å². The number of rotatable bonds is 4. The lowest BCUT2D eigenvalue weighted by atomic mass is 10.1. The highest BCUT2D eigenvalue weighted by Crippen LogP contribution is 2.28. The van der Waals surface area contributed by atoms with Gasteiger partial charge in [-0.05, 0) is 53.1 Å². The fourth-order valence-electron chi connectivity index (χ4n) is 2.25. The zero-order chi connectivity index (χ0) is 14.7. The molecule has 0 unspecified atom stereocenters. The molecule has 2 nitrogen and oxygen atoms in total. The van der Waals surface area contributed by atoms with Crippen molar-refractivity contribution >= 4 is 43.3 Å². The summed E-state index contributed by atoms with van der Waals surface area (Å²) in [6.07, 6.45) is 0.842. The first-order valence-corrected chi connectivity index (χ1v) is 8.40. The van der Waals surface area contributed by atoms with Crippen molar-refractivity contribution < 1.29 is 4.79 Å². The van der Waals surface area contributed by atoms with Crippen LogP contribution in [0, 0.1) is 0 Å². The van der Waals surface area contributed by atoms with Crippen molar-refractivity contribution in [1.82, 2.24) is 5.32 Å². The van der Waals surface area contributed by atoms with Crippen LogP contribution < -0.4 is 5.32 Å². The number of nitrogens with one attached hydrogen (secondary N) is 1. The quantitative estimate of drug-likeness (QED) is 0.722. The van der Waals surface area contributed by atoms with Gasteiger partial charge in [-0.3, -0.25) is 4.79 Å². The van der Waals surface area contributed by atoms with E-state index < -0.39 is 0 Å². The van der Waals surface area contributed by atoms with E-state index in [0.29, 0.717) is 12.1 Å². The van der Waals surface area contributed by atoms with Crippen LogP contribution in [0.25, 0.3) is 10.1 Å². The molecule has 1 aromatic heterocycles. The highest BCUT2D eigenvalue weighted by Gasteiger charge is 2.07. The van der Waals surface area contributed by atoms with Crippen molar-refractivity contribution in [2.45, 2.75) is 6.42 Å². The number of hydrogen-bond acceptors (Lipinski definition) is 2. The largest absolute Gasteiger partial charge is 0.352 e. The van der Waals surface area contributed by atoms with Gasteiger partial charge in [0.15, 0.2) is 0 Å². The summed E-state index contributed by atoms with van der Waals surface area (Å²) in [5.41, 5.74) is 1.99. The van der Waals surface area contributed by atoms with Gasteiger partial charge in [-0.15, -0.1) is 11.3 Å². The zero-order valence-corrected chi connectivity index (χ0v) is 13.7. The first-order valence-electron chi connectivity index (χ1n) is 6.73. The summed E-state index contributed by atoms with van der Waals surface area (Å²) in [6, 6.07) is 15.6. The van der Waals surface area contributed by atoms with Gasteiger partial charge in [-0.2, -0.15) is 0 Å². The molecule has 0 atom stereocenters. The van der Waals surface area contributed by atoms with Gasteiger partial charge in [0.05, 0.1) is 0 Å². The molecule has 1 amide bonds. The molecule has 21 heavy (non-hydrogen) atoms. The van der Waals surface area contributed by atoms with Crippen molar-refractivity contribution in [3.05, 3.63) is 69.5 Å². The minimum absolute atomic E-state index is 0.0173. The minimum Gasteiger partial charge on any atom is -0.352 e. The van der Waals surface area contributed by atoms with E-state index in [1.807, 2.05) is 30.3 Å². The Labute approximate surface area is 135 Å². The van der Waals surface area contributed by atoms with E-state index in [1.54, 1.807) is 11.3 Å². The van der Waals surface area contributed by atoms with Crippen LogP contribution in [-0.2, 0) is 6.42 Å². The molecule has 0 bridgehead atoms. The third-order valence-corrected chi connectivity index (χ3v) is 4.84. The van der Waals surface area contributed by atoms with E-state index in [-0.39, 0.29) is 5.91 Å². The van der Waals surface area contributed by atoms with Gasteiger partial charge < -0.3 is 5.32 Å². The Morgan fingerprint density at radius 1 is 1.14 bits per heavy atom. The molecule has 0 aliphatic rings. The van der Waals surface area contributed by atoms with Crippen LogP contribution in [0.5, 0.6) is 0 Å². The number of halogens is 1. The number of amides is 1. The molecule has 3 rings (SSSR count). The first kappa shape index (κ1) is 14.3. The highest BCUT2D eigenvalue weighted by atomic mass is 79.9. The Bertz CT molecular complexity index is 767. The molecule has 4 heteroatoms. The van der Waals surface area contributed by atoms with Gasteiger partial charge in [-0.25, -0.2) is 0 Å². The molecule has 2 aromatic carbocycles. The summed E-state index contributed by atoms with van der Waals surface area (Å²) in [5.74, 6) is -0.0173. The molecule has 0 aliphatic carbocycles. The second kappa shape index (κ2) is 6.41. The van der Waals surface area contributed by atoms with E-state index in [4.69, 9.17) is 0 Å². The smallest absolute Gasteiger partial charge is 0.251 e. The summed E-state index contributed by atoms with van der Waals surface area (Å²) >= 11 is 5.25. The second-order valence-corrected chi connectivity index (χ2v) is 6.60. The number of carbonyl (C=O) groups is 1. The van der Waals surface area contributed by atoms with Crippen molar-refractivity contribution in [2.75, 3.05) is 6.54 Å². The molecular formula is C17H14BrNOS. The van der Waals surface area contributed by atoms with Crippen LogP contribution in [0.4, 0.5) is 0 Å². The molecule has 0 saturated heterocycles. The Morgan fingerprint density at radius 2 is 1.95 bits per heavy atom. The van der Waals surface area contributed by atoms with Gasteiger partial charge in [0, 0.05) is 21.3 Å². The van der Waals surface area contributed by atoms with Crippen LogP contribution in [0.15, 0.2) is 58.4 Å². The summed E-state index contributed by atoms with van der Waals surface area (Å²) < 4.78 is 2.37. The van der Waals surface area contributed by atoms with Crippen LogP contribution in [0.2, 0.25) is 0 Å². The number of thiophene rings is 1. The summed E-state index contributed by atoms with van der Waals surface area (Å²) in [5, 5.41) is 6.41. The Morgan fingerprint density at radius 3 is 2.76 bits per heavy atom. The van der Waals surface area contributed by atoms with E-state index in [9.17, 15) is 4.79 Å². The number of benzene rings is 2. The Balaban J connectivity index is 1.65. The number of fused-ring (bicyclic) bond motifs is 1. The van der Waals surface area contributed by atoms with Gasteiger partial charge in [0.1, 0.15) is 0 Å². The maximum atomic E-state index is 12.0. The van der Waals surface area contributed by atoms with E-state index in [2.05, 4.69) is 44.8 Å². The van der Waals surface area contributed by atoms with Crippen LogP contribution in [0.3, 0.4) is 0 Å². The summed E-state index contributed by atoms with van der Waals surface area (Å²) in [7, 11) is 0. The van der Waals surface area contributed by atoms with Crippen LogP contribution >= 0.6 is 27.3 Å². The lowest BCUT2D eigenvalue weighted by Gasteiger charge is -2.05. The fourth-order valence-corrected chi connectivity index (χ4v) is 3.59. The molecule has 1 heterocycles. The van der Waals surface area contributed by atoms with Crippen molar-refractivity contribution in [2.24, 2.45) is 0 Å². The predicted octanol–water partition coefficient (Wildman–Crippen LogP) is 4.64. The average molecular weight is 360 g/mol. The van der Waals surface area contributed by atoms with Crippen molar-refractivity contribution in [3.63, 3.8) is 0 Å². The number of carbonyl (C=O) groups excluding carboxylic acids is 1. The maximum absolute atomic E-state index is 12.0. The zero-order valence-electron chi connectivity index (χ0n) is 11.3. The summed E-state index contributed by atoms with van der Waals surface area (Å²) in [4.78, 5) is 12.0. The standard InChI is InChI=1S/C17H14BrNOS/c18-14-6-7-16-15(10-14)13(11-21-16)8-9-19-17(20)12-4-2-1-3-5-12/h1-7,10-11H,8-9H2,(H,19,20). The van der Waals surface area contributed by atoms with Gasteiger partial charge in [0.2, 0.25) is 0 Å². The van der Waals surface area contributed by atoms with Crippen LogP contribution in [-0.4, -0.2) is 12.5 Å². The van der Waals surface area contributed by atoms with Crippen molar-refractivity contribution in [3.8, 4) is 0 Å². The van der Waals surface area contributed by atoms with Gasteiger partial charge >= 0.3 is 0 Å². The second-order valence-electron chi connectivity index (χ2n) is 4.77. The molecular weight excluding hydrogens is 346 g/mol. The maximum Gasteiger partial charge on any atom is 0.251 e. The Kier molecular flexibility index (Phi) is 4.36. The Hall–Kier alpha value is -1.65.